The summed E-state index contributed by atoms with van der Waals surface area (Å²) in [6.07, 6.45) is -2.04. The number of nitrogens with zero attached hydrogens (tertiary/aromatic N) is 3. The van der Waals surface area contributed by atoms with Crippen LogP contribution in [0.4, 0.5) is 24.5 Å². The molecule has 0 spiro atoms. The first-order valence-corrected chi connectivity index (χ1v) is 12.2. The van der Waals surface area contributed by atoms with Crippen molar-refractivity contribution in [2.75, 3.05) is 31.2 Å². The Labute approximate surface area is 213 Å². The maximum Gasteiger partial charge on any atom is 0.389 e. The summed E-state index contributed by atoms with van der Waals surface area (Å²) in [6, 6.07) is 12.0. The molecule has 5 N–H and O–H groups in total. The summed E-state index contributed by atoms with van der Waals surface area (Å²) in [5.41, 5.74) is 18.9. The molecule has 0 atom stereocenters. The Balaban J connectivity index is 1.63. The van der Waals surface area contributed by atoms with Crippen LogP contribution in [0, 0.1) is 6.92 Å². The van der Waals surface area contributed by atoms with E-state index in [1.165, 1.54) is 0 Å². The number of piperidine rings is 1. The number of amides is 1. The number of ether oxygens (including phenoxy) is 1. The molecule has 8 nitrogen and oxygen atoms in total. The van der Waals surface area contributed by atoms with Gasteiger partial charge in [-0.15, -0.1) is 0 Å². The molecule has 11 heteroatoms. The number of nitrogens with one attached hydrogen (secondary N) is 1. The summed E-state index contributed by atoms with van der Waals surface area (Å²) in [5.74, 6) is 0.141. The number of anilines is 2. The largest absolute Gasteiger partial charge is 0.494 e. The summed E-state index contributed by atoms with van der Waals surface area (Å²) in [4.78, 5) is 13.2. The predicted octanol–water partition coefficient (Wildman–Crippen LogP) is 4.86. The molecule has 0 saturated carbocycles. The van der Waals surface area contributed by atoms with Crippen LogP contribution < -0.4 is 21.6 Å². The maximum atomic E-state index is 13.2. The van der Waals surface area contributed by atoms with Crippen molar-refractivity contribution in [3.05, 3.63) is 53.7 Å². The molecule has 1 saturated heterocycles. The third kappa shape index (κ3) is 6.53. The van der Waals surface area contributed by atoms with Crippen LogP contribution in [0.3, 0.4) is 0 Å². The minimum absolute atomic E-state index is 0.0430. The predicted molar refractivity (Wildman–Crippen MR) is 136 cm³/mol. The highest BCUT2D eigenvalue weighted by Crippen LogP contribution is 2.32. The summed E-state index contributed by atoms with van der Waals surface area (Å²) in [5, 5.41) is 6.55. The van der Waals surface area contributed by atoms with E-state index >= 15 is 0 Å². The topological polar surface area (TPSA) is 111 Å². The fraction of sp³-hybridized carbons (Fsp3) is 0.385. The summed E-state index contributed by atoms with van der Waals surface area (Å²) < 4.78 is 44.2. The molecule has 0 bridgehead atoms. The number of benzene rings is 2. The molecule has 0 radical (unpaired) electrons. The lowest BCUT2D eigenvalue weighted by Gasteiger charge is -2.26. The van der Waals surface area contributed by atoms with Crippen molar-refractivity contribution in [2.24, 2.45) is 0 Å². The fourth-order valence-electron chi connectivity index (χ4n) is 4.36. The summed E-state index contributed by atoms with van der Waals surface area (Å²) in [7, 11) is 0. The van der Waals surface area contributed by atoms with E-state index in [4.69, 9.17) is 16.2 Å². The van der Waals surface area contributed by atoms with Crippen molar-refractivity contribution < 1.29 is 22.7 Å². The Morgan fingerprint density at radius 3 is 2.43 bits per heavy atom. The molecule has 1 aromatic heterocycles. The zero-order valence-corrected chi connectivity index (χ0v) is 20.6. The third-order valence-corrected chi connectivity index (χ3v) is 6.23. The molecule has 2 aromatic carbocycles. The molecular weight excluding hydrogens is 485 g/mol. The normalized spacial score (nSPS) is 14.5. The number of hydrazine groups is 1. The first kappa shape index (κ1) is 26.3. The molecule has 1 aliphatic heterocycles. The quantitative estimate of drug-likeness (QED) is 0.291. The van der Waals surface area contributed by atoms with Gasteiger partial charge in [-0.2, -0.15) is 18.3 Å². The van der Waals surface area contributed by atoms with Gasteiger partial charge < -0.3 is 16.2 Å². The van der Waals surface area contributed by atoms with Crippen molar-refractivity contribution in [3.8, 4) is 22.7 Å². The number of halogens is 3. The number of carbonyl (C=O) groups excluding carboxylic acids is 1. The van der Waals surface area contributed by atoms with E-state index in [0.717, 1.165) is 37.9 Å². The number of aromatic nitrogens is 2. The Morgan fingerprint density at radius 1 is 1.08 bits per heavy atom. The number of alkyl halides is 3. The standard InChI is InChI=1S/C26H31F3N6O2/c1-17-23(25(36)33-34-13-3-2-4-14-34)32-35(22-11-8-19(30)16-21(22)31)24(17)18-6-9-20(10-7-18)37-15-5-12-26(27,28)29/h6-11,16H,2-5,12-15,30-31H2,1H3,(H,33,36). The van der Waals surface area contributed by atoms with Gasteiger partial charge in [0.2, 0.25) is 0 Å². The number of rotatable bonds is 8. The Bertz CT molecular complexity index is 1230. The zero-order valence-electron chi connectivity index (χ0n) is 20.6. The van der Waals surface area contributed by atoms with Gasteiger partial charge in [-0.1, -0.05) is 6.42 Å². The molecule has 0 unspecified atom stereocenters. The minimum atomic E-state index is -4.20. The monoisotopic (exact) mass is 516 g/mol. The highest BCUT2D eigenvalue weighted by molar-refractivity contribution is 5.95. The lowest BCUT2D eigenvalue weighted by molar-refractivity contribution is -0.136. The molecule has 3 aromatic rings. The van der Waals surface area contributed by atoms with E-state index in [1.54, 1.807) is 47.1 Å². The van der Waals surface area contributed by atoms with E-state index in [9.17, 15) is 18.0 Å². The van der Waals surface area contributed by atoms with Crippen molar-refractivity contribution in [1.29, 1.82) is 0 Å². The molecule has 0 aliphatic carbocycles. The molecule has 37 heavy (non-hydrogen) atoms. The number of hydrogen-bond donors (Lipinski definition) is 3. The lowest BCUT2D eigenvalue weighted by atomic mass is 10.1. The molecule has 198 valence electrons. The first-order valence-electron chi connectivity index (χ1n) is 12.2. The molecule has 1 amide bonds. The van der Waals surface area contributed by atoms with Crippen molar-refractivity contribution in [3.63, 3.8) is 0 Å². The number of nitrogens with two attached hydrogens (primary N) is 2. The van der Waals surface area contributed by atoms with E-state index in [0.29, 0.717) is 34.1 Å². The second-order valence-corrected chi connectivity index (χ2v) is 9.13. The molecule has 1 aliphatic rings. The Kier molecular flexibility index (Phi) is 7.91. The zero-order chi connectivity index (χ0) is 26.6. The van der Waals surface area contributed by atoms with Gasteiger partial charge in [0.05, 0.1) is 23.7 Å². The third-order valence-electron chi connectivity index (χ3n) is 6.23. The van der Waals surface area contributed by atoms with Gasteiger partial charge in [0, 0.05) is 36.3 Å². The van der Waals surface area contributed by atoms with Crippen LogP contribution in [0.1, 0.15) is 48.2 Å². The SMILES string of the molecule is Cc1c(C(=O)NN2CCCCC2)nn(-c2ccc(N)cc2N)c1-c1ccc(OCCCC(F)(F)F)cc1. The van der Waals surface area contributed by atoms with Gasteiger partial charge in [-0.3, -0.25) is 10.2 Å². The Morgan fingerprint density at radius 2 is 1.78 bits per heavy atom. The van der Waals surface area contributed by atoms with E-state index in [1.807, 2.05) is 11.9 Å². The van der Waals surface area contributed by atoms with Gasteiger partial charge in [0.25, 0.3) is 5.91 Å². The molecule has 4 rings (SSSR count). The van der Waals surface area contributed by atoms with Crippen LogP contribution in [0.15, 0.2) is 42.5 Å². The summed E-state index contributed by atoms with van der Waals surface area (Å²) >= 11 is 0. The maximum absolute atomic E-state index is 13.2. The second kappa shape index (κ2) is 11.1. The molecule has 1 fully saturated rings. The van der Waals surface area contributed by atoms with Crippen LogP contribution in [-0.2, 0) is 0 Å². The minimum Gasteiger partial charge on any atom is -0.494 e. The van der Waals surface area contributed by atoms with Crippen LogP contribution >= 0.6 is 0 Å². The van der Waals surface area contributed by atoms with Crippen LogP contribution in [0.25, 0.3) is 16.9 Å². The fourth-order valence-corrected chi connectivity index (χ4v) is 4.36. The molecule has 2 heterocycles. The van der Waals surface area contributed by atoms with Gasteiger partial charge in [-0.25, -0.2) is 9.69 Å². The van der Waals surface area contributed by atoms with E-state index < -0.39 is 12.6 Å². The average molecular weight is 517 g/mol. The van der Waals surface area contributed by atoms with Gasteiger partial charge in [0.15, 0.2) is 5.69 Å². The van der Waals surface area contributed by atoms with E-state index in [2.05, 4.69) is 10.5 Å². The van der Waals surface area contributed by atoms with Crippen molar-refractivity contribution in [1.82, 2.24) is 20.2 Å². The van der Waals surface area contributed by atoms with Crippen LogP contribution in [-0.4, -0.2) is 46.6 Å². The van der Waals surface area contributed by atoms with Crippen LogP contribution in [0.5, 0.6) is 5.75 Å². The number of hydrogen-bond acceptors (Lipinski definition) is 6. The van der Waals surface area contributed by atoms with Crippen LogP contribution in [0.2, 0.25) is 0 Å². The number of nitrogen functional groups attached to an aromatic ring is 2. The molecular formula is C26H31F3N6O2. The summed E-state index contributed by atoms with van der Waals surface area (Å²) in [6.45, 7) is 3.35. The first-order chi connectivity index (χ1) is 17.6. The smallest absolute Gasteiger partial charge is 0.389 e. The van der Waals surface area contributed by atoms with Gasteiger partial charge >= 0.3 is 6.18 Å². The highest BCUT2D eigenvalue weighted by atomic mass is 19.4. The van der Waals surface area contributed by atoms with E-state index in [-0.39, 0.29) is 24.6 Å². The van der Waals surface area contributed by atoms with Gasteiger partial charge in [-0.05, 0) is 68.7 Å². The van der Waals surface area contributed by atoms with Crippen molar-refractivity contribution in [2.45, 2.75) is 45.2 Å². The average Bonchev–Trinajstić information content (AvgIpc) is 3.19. The Hall–Kier alpha value is -3.73. The van der Waals surface area contributed by atoms with Gasteiger partial charge in [0.1, 0.15) is 5.75 Å². The second-order valence-electron chi connectivity index (χ2n) is 9.13. The number of carbonyl (C=O) groups is 1. The lowest BCUT2D eigenvalue weighted by Crippen LogP contribution is -2.45. The highest BCUT2D eigenvalue weighted by Gasteiger charge is 2.26. The van der Waals surface area contributed by atoms with Crippen molar-refractivity contribution >= 4 is 17.3 Å².